The van der Waals surface area contributed by atoms with Gasteiger partial charge in [-0.15, -0.1) is 11.3 Å². The second-order valence-electron chi connectivity index (χ2n) is 3.48. The molecule has 0 aliphatic carbocycles. The standard InChI is InChI=1S/C9H11N5O2S/c1-6-8(14(15)16)9(13(2)12-6)11-4-7-3-10-5-17-7/h3,5,11H,4H2,1-2H3. The molecule has 1 N–H and O–H groups in total. The van der Waals surface area contributed by atoms with Gasteiger partial charge >= 0.3 is 5.69 Å². The van der Waals surface area contributed by atoms with Crippen molar-refractivity contribution in [1.29, 1.82) is 0 Å². The van der Waals surface area contributed by atoms with Crippen LogP contribution in [0.1, 0.15) is 10.6 Å². The van der Waals surface area contributed by atoms with Gasteiger partial charge in [0.1, 0.15) is 5.69 Å². The van der Waals surface area contributed by atoms with Gasteiger partial charge < -0.3 is 5.32 Å². The van der Waals surface area contributed by atoms with Gasteiger partial charge in [0.2, 0.25) is 5.82 Å². The number of aromatic nitrogens is 3. The summed E-state index contributed by atoms with van der Waals surface area (Å²) in [7, 11) is 1.68. The second-order valence-corrected chi connectivity index (χ2v) is 4.46. The molecular formula is C9H11N5O2S. The van der Waals surface area contributed by atoms with E-state index in [0.717, 1.165) is 4.88 Å². The van der Waals surface area contributed by atoms with Crippen LogP contribution in [0.5, 0.6) is 0 Å². The second kappa shape index (κ2) is 4.50. The topological polar surface area (TPSA) is 85.9 Å². The molecule has 0 atom stereocenters. The molecular weight excluding hydrogens is 242 g/mol. The van der Waals surface area contributed by atoms with Crippen molar-refractivity contribution in [1.82, 2.24) is 14.8 Å². The van der Waals surface area contributed by atoms with Gasteiger partial charge in [0.25, 0.3) is 0 Å². The highest BCUT2D eigenvalue weighted by molar-refractivity contribution is 7.09. The SMILES string of the molecule is Cc1nn(C)c(NCc2cncs2)c1[N+](=O)[O-]. The first-order chi connectivity index (χ1) is 8.09. The molecule has 0 amide bonds. The molecule has 0 spiro atoms. The van der Waals surface area contributed by atoms with Crippen molar-refractivity contribution >= 4 is 22.8 Å². The van der Waals surface area contributed by atoms with Crippen LogP contribution in [-0.4, -0.2) is 19.7 Å². The molecule has 0 saturated carbocycles. The van der Waals surface area contributed by atoms with Gasteiger partial charge in [0.05, 0.1) is 17.0 Å². The summed E-state index contributed by atoms with van der Waals surface area (Å²) in [5.74, 6) is 0.418. The van der Waals surface area contributed by atoms with Crippen LogP contribution < -0.4 is 5.32 Å². The molecule has 0 unspecified atom stereocenters. The number of anilines is 1. The monoisotopic (exact) mass is 253 g/mol. The molecule has 0 bridgehead atoms. The first-order valence-corrected chi connectivity index (χ1v) is 5.76. The predicted molar refractivity (Wildman–Crippen MR) is 64.0 cm³/mol. The zero-order chi connectivity index (χ0) is 12.4. The van der Waals surface area contributed by atoms with Crippen molar-refractivity contribution in [2.24, 2.45) is 7.05 Å². The number of nitrogens with one attached hydrogen (secondary N) is 1. The first-order valence-electron chi connectivity index (χ1n) is 4.89. The van der Waals surface area contributed by atoms with Crippen LogP contribution in [0.4, 0.5) is 11.5 Å². The van der Waals surface area contributed by atoms with Crippen molar-refractivity contribution in [2.75, 3.05) is 5.32 Å². The van der Waals surface area contributed by atoms with E-state index >= 15 is 0 Å². The van der Waals surface area contributed by atoms with E-state index < -0.39 is 4.92 Å². The number of nitro groups is 1. The minimum Gasteiger partial charge on any atom is -0.360 e. The molecule has 17 heavy (non-hydrogen) atoms. The lowest BCUT2D eigenvalue weighted by Crippen LogP contribution is -2.05. The van der Waals surface area contributed by atoms with Gasteiger partial charge in [-0.2, -0.15) is 5.10 Å². The smallest absolute Gasteiger partial charge is 0.333 e. The third kappa shape index (κ3) is 2.26. The fourth-order valence-electron chi connectivity index (χ4n) is 1.56. The van der Waals surface area contributed by atoms with Crippen LogP contribution in [-0.2, 0) is 13.6 Å². The Kier molecular flexibility index (Phi) is 3.05. The maximum Gasteiger partial charge on any atom is 0.333 e. The number of nitrogens with zero attached hydrogens (tertiary/aromatic N) is 4. The van der Waals surface area contributed by atoms with Crippen molar-refractivity contribution in [3.63, 3.8) is 0 Å². The Labute approximate surface area is 101 Å². The third-order valence-electron chi connectivity index (χ3n) is 2.29. The third-order valence-corrected chi connectivity index (χ3v) is 3.07. The van der Waals surface area contributed by atoms with Crippen molar-refractivity contribution in [2.45, 2.75) is 13.5 Å². The Morgan fingerprint density at radius 3 is 3.00 bits per heavy atom. The zero-order valence-electron chi connectivity index (χ0n) is 9.38. The molecule has 0 radical (unpaired) electrons. The summed E-state index contributed by atoms with van der Waals surface area (Å²) in [6.45, 7) is 2.13. The molecule has 0 aliphatic rings. The normalized spacial score (nSPS) is 10.5. The van der Waals surface area contributed by atoms with Gasteiger partial charge in [-0.1, -0.05) is 0 Å². The van der Waals surface area contributed by atoms with E-state index in [2.05, 4.69) is 15.4 Å². The summed E-state index contributed by atoms with van der Waals surface area (Å²) in [6, 6.07) is 0. The Morgan fingerprint density at radius 1 is 1.65 bits per heavy atom. The Morgan fingerprint density at radius 2 is 2.41 bits per heavy atom. The molecule has 90 valence electrons. The van der Waals surface area contributed by atoms with Crippen LogP contribution in [0.3, 0.4) is 0 Å². The predicted octanol–water partition coefficient (Wildman–Crippen LogP) is 1.71. The van der Waals surface area contributed by atoms with Crippen molar-refractivity contribution in [3.8, 4) is 0 Å². The maximum atomic E-state index is 10.9. The first kappa shape index (κ1) is 11.5. The van der Waals surface area contributed by atoms with Crippen molar-refractivity contribution in [3.05, 3.63) is 32.4 Å². The maximum absolute atomic E-state index is 10.9. The minimum absolute atomic E-state index is 0.0250. The number of hydrogen-bond donors (Lipinski definition) is 1. The summed E-state index contributed by atoms with van der Waals surface area (Å²) < 4.78 is 1.48. The van der Waals surface area contributed by atoms with Crippen LogP contribution in [0.25, 0.3) is 0 Å². The van der Waals surface area contributed by atoms with Crippen LogP contribution in [0.15, 0.2) is 11.7 Å². The summed E-state index contributed by atoms with van der Waals surface area (Å²) >= 11 is 1.50. The van der Waals surface area contributed by atoms with E-state index in [4.69, 9.17) is 0 Å². The summed E-state index contributed by atoms with van der Waals surface area (Å²) in [6.07, 6.45) is 1.73. The molecule has 2 aromatic heterocycles. The van der Waals surface area contributed by atoms with Gasteiger partial charge in [-0.05, 0) is 6.92 Å². The van der Waals surface area contributed by atoms with Crippen LogP contribution >= 0.6 is 11.3 Å². The molecule has 0 aliphatic heterocycles. The summed E-state index contributed by atoms with van der Waals surface area (Å²) in [5.41, 5.74) is 2.15. The number of thiazole rings is 1. The molecule has 2 rings (SSSR count). The number of aryl methyl sites for hydroxylation is 2. The lowest BCUT2D eigenvalue weighted by Gasteiger charge is -2.03. The molecule has 0 saturated heterocycles. The molecule has 2 heterocycles. The lowest BCUT2D eigenvalue weighted by atomic mass is 10.4. The van der Waals surface area contributed by atoms with Crippen LogP contribution in [0, 0.1) is 17.0 Å². The molecule has 7 nitrogen and oxygen atoms in total. The summed E-state index contributed by atoms with van der Waals surface area (Å²) in [4.78, 5) is 15.5. The molecule has 8 heteroatoms. The molecule has 0 fully saturated rings. The fraction of sp³-hybridized carbons (Fsp3) is 0.333. The summed E-state index contributed by atoms with van der Waals surface area (Å²) in [5, 5.41) is 18.0. The van der Waals surface area contributed by atoms with Crippen LogP contribution in [0.2, 0.25) is 0 Å². The Hall–Kier alpha value is -1.96. The van der Waals surface area contributed by atoms with E-state index in [9.17, 15) is 10.1 Å². The van der Waals surface area contributed by atoms with E-state index in [1.165, 1.54) is 16.0 Å². The highest BCUT2D eigenvalue weighted by Crippen LogP contribution is 2.27. The van der Waals surface area contributed by atoms with E-state index in [1.54, 1.807) is 25.7 Å². The van der Waals surface area contributed by atoms with Crippen molar-refractivity contribution < 1.29 is 4.92 Å². The average molecular weight is 253 g/mol. The highest BCUT2D eigenvalue weighted by Gasteiger charge is 2.23. The zero-order valence-corrected chi connectivity index (χ0v) is 10.2. The van der Waals surface area contributed by atoms with E-state index in [-0.39, 0.29) is 5.69 Å². The fourth-order valence-corrected chi connectivity index (χ4v) is 2.10. The number of rotatable bonds is 4. The van der Waals surface area contributed by atoms with E-state index in [0.29, 0.717) is 18.1 Å². The van der Waals surface area contributed by atoms with Gasteiger partial charge in [-0.25, -0.2) is 4.68 Å². The average Bonchev–Trinajstić information content (AvgIpc) is 2.83. The largest absolute Gasteiger partial charge is 0.360 e. The minimum atomic E-state index is -0.419. The highest BCUT2D eigenvalue weighted by atomic mass is 32.1. The van der Waals surface area contributed by atoms with Gasteiger partial charge in [0.15, 0.2) is 0 Å². The Bertz CT molecular complexity index is 534. The van der Waals surface area contributed by atoms with Gasteiger partial charge in [-0.3, -0.25) is 15.1 Å². The quantitative estimate of drug-likeness (QED) is 0.662. The molecule has 0 aromatic carbocycles. The lowest BCUT2D eigenvalue weighted by molar-refractivity contribution is -0.384. The molecule has 2 aromatic rings. The number of hydrogen-bond acceptors (Lipinski definition) is 6. The van der Waals surface area contributed by atoms with E-state index in [1.807, 2.05) is 0 Å². The Balaban J connectivity index is 2.23. The van der Waals surface area contributed by atoms with Gasteiger partial charge in [0, 0.05) is 18.1 Å².